The van der Waals surface area contributed by atoms with Crippen molar-refractivity contribution in [2.45, 2.75) is 65.0 Å². The standard InChI is InChI=1S/C24H30F3N5O4/c1-15-8-9-18(30-19-13-17(10-11-28-19)35-24(25,26)27)31-20(15)21(33)32-12-6-5-7-16(32)14-29-22(34)36-23(2,3)4/h8-11,13,16H,5-7,12,14H2,1-4H3,(H,29,34)(H,28,30,31). The molecule has 1 aliphatic heterocycles. The second-order valence-corrected chi connectivity index (χ2v) is 9.44. The van der Waals surface area contributed by atoms with Crippen LogP contribution in [-0.4, -0.2) is 58.0 Å². The first kappa shape index (κ1) is 27.0. The number of anilines is 2. The Kier molecular flexibility index (Phi) is 8.26. The number of likely N-dealkylation sites (tertiary alicyclic amines) is 1. The van der Waals surface area contributed by atoms with Crippen LogP contribution in [-0.2, 0) is 4.74 Å². The summed E-state index contributed by atoms with van der Waals surface area (Å²) >= 11 is 0. The number of carbonyl (C=O) groups excluding carboxylic acids is 2. The lowest BCUT2D eigenvalue weighted by Gasteiger charge is -2.36. The summed E-state index contributed by atoms with van der Waals surface area (Å²) in [6.45, 7) is 7.82. The zero-order valence-corrected chi connectivity index (χ0v) is 20.6. The zero-order chi connectivity index (χ0) is 26.5. The molecule has 2 amide bonds. The van der Waals surface area contributed by atoms with E-state index in [9.17, 15) is 22.8 Å². The highest BCUT2D eigenvalue weighted by atomic mass is 19.4. The number of hydrogen-bond donors (Lipinski definition) is 2. The minimum Gasteiger partial charge on any atom is -0.444 e. The molecular weight excluding hydrogens is 479 g/mol. The lowest BCUT2D eigenvalue weighted by atomic mass is 10.0. The molecule has 1 saturated heterocycles. The molecule has 1 fully saturated rings. The number of nitrogens with one attached hydrogen (secondary N) is 2. The number of piperidine rings is 1. The first-order chi connectivity index (χ1) is 16.8. The van der Waals surface area contributed by atoms with Crippen LogP contribution in [0.2, 0.25) is 0 Å². The molecule has 3 heterocycles. The van der Waals surface area contributed by atoms with Gasteiger partial charge in [0.1, 0.15) is 28.7 Å². The summed E-state index contributed by atoms with van der Waals surface area (Å²) in [5.74, 6) is -0.420. The number of hydrogen-bond acceptors (Lipinski definition) is 7. The highest BCUT2D eigenvalue weighted by molar-refractivity contribution is 5.94. The van der Waals surface area contributed by atoms with Crippen molar-refractivity contribution in [1.29, 1.82) is 0 Å². The number of pyridine rings is 2. The molecule has 0 bridgehead atoms. The number of rotatable bonds is 6. The van der Waals surface area contributed by atoms with E-state index in [1.54, 1.807) is 44.7 Å². The van der Waals surface area contributed by atoms with Crippen molar-refractivity contribution in [3.63, 3.8) is 0 Å². The van der Waals surface area contributed by atoms with Crippen molar-refractivity contribution < 1.29 is 32.2 Å². The smallest absolute Gasteiger partial charge is 0.444 e. The van der Waals surface area contributed by atoms with Crippen molar-refractivity contribution in [2.24, 2.45) is 0 Å². The molecule has 12 heteroatoms. The van der Waals surface area contributed by atoms with E-state index in [0.29, 0.717) is 18.5 Å². The fraction of sp³-hybridized carbons (Fsp3) is 0.500. The van der Waals surface area contributed by atoms with Crippen LogP contribution in [0.1, 0.15) is 56.1 Å². The SMILES string of the molecule is Cc1ccc(Nc2cc(OC(F)(F)F)ccn2)nc1C(=O)N1CCCCC1CNC(=O)OC(C)(C)C. The first-order valence-corrected chi connectivity index (χ1v) is 11.5. The quantitative estimate of drug-likeness (QED) is 0.568. The van der Waals surface area contributed by atoms with E-state index in [1.807, 2.05) is 0 Å². The molecule has 1 aliphatic rings. The van der Waals surface area contributed by atoms with Crippen LogP contribution < -0.4 is 15.4 Å². The molecule has 36 heavy (non-hydrogen) atoms. The molecule has 1 unspecified atom stereocenters. The van der Waals surface area contributed by atoms with Gasteiger partial charge in [-0.15, -0.1) is 13.2 Å². The summed E-state index contributed by atoms with van der Waals surface area (Å²) in [7, 11) is 0. The molecule has 2 N–H and O–H groups in total. The molecule has 2 aromatic rings. The Morgan fingerprint density at radius 1 is 1.14 bits per heavy atom. The predicted molar refractivity (Wildman–Crippen MR) is 126 cm³/mol. The van der Waals surface area contributed by atoms with Gasteiger partial charge in [-0.1, -0.05) is 6.07 Å². The molecule has 2 aromatic heterocycles. The summed E-state index contributed by atoms with van der Waals surface area (Å²) < 4.78 is 46.8. The molecule has 1 atom stereocenters. The van der Waals surface area contributed by atoms with Gasteiger partial charge in [0.25, 0.3) is 5.91 Å². The van der Waals surface area contributed by atoms with E-state index in [4.69, 9.17) is 4.74 Å². The van der Waals surface area contributed by atoms with Gasteiger partial charge in [0, 0.05) is 31.4 Å². The summed E-state index contributed by atoms with van der Waals surface area (Å²) in [5, 5.41) is 5.55. The Hall–Kier alpha value is -3.57. The Morgan fingerprint density at radius 2 is 1.89 bits per heavy atom. The highest BCUT2D eigenvalue weighted by Crippen LogP contribution is 2.26. The van der Waals surface area contributed by atoms with Gasteiger partial charge in [-0.25, -0.2) is 14.8 Å². The van der Waals surface area contributed by atoms with E-state index in [0.717, 1.165) is 25.0 Å². The lowest BCUT2D eigenvalue weighted by Crippen LogP contribution is -2.50. The van der Waals surface area contributed by atoms with Crippen molar-refractivity contribution in [3.8, 4) is 5.75 Å². The first-order valence-electron chi connectivity index (χ1n) is 11.5. The third kappa shape index (κ3) is 7.99. The highest BCUT2D eigenvalue weighted by Gasteiger charge is 2.32. The Morgan fingerprint density at radius 3 is 2.58 bits per heavy atom. The van der Waals surface area contributed by atoms with Crippen LogP contribution in [0.25, 0.3) is 0 Å². The van der Waals surface area contributed by atoms with Crippen molar-refractivity contribution in [2.75, 3.05) is 18.4 Å². The summed E-state index contributed by atoms with van der Waals surface area (Å²) in [6, 6.07) is 5.23. The number of halogens is 3. The normalized spacial score (nSPS) is 16.3. The van der Waals surface area contributed by atoms with E-state index < -0.39 is 23.8 Å². The number of amides is 2. The fourth-order valence-electron chi connectivity index (χ4n) is 3.75. The Labute approximate surface area is 207 Å². The molecule has 0 aromatic carbocycles. The molecule has 196 valence electrons. The van der Waals surface area contributed by atoms with Gasteiger partial charge in [-0.3, -0.25) is 4.79 Å². The minimum absolute atomic E-state index is 0.0731. The molecule has 0 saturated carbocycles. The van der Waals surface area contributed by atoms with Crippen LogP contribution in [0, 0.1) is 6.92 Å². The average molecular weight is 510 g/mol. The minimum atomic E-state index is -4.83. The Bertz CT molecular complexity index is 1090. The van der Waals surface area contributed by atoms with Gasteiger partial charge < -0.3 is 25.0 Å². The molecule has 0 spiro atoms. The number of aromatic nitrogens is 2. The summed E-state index contributed by atoms with van der Waals surface area (Å²) in [6.07, 6.45) is -1.76. The third-order valence-electron chi connectivity index (χ3n) is 5.29. The predicted octanol–water partition coefficient (Wildman–Crippen LogP) is 4.95. The zero-order valence-electron chi connectivity index (χ0n) is 20.6. The third-order valence-corrected chi connectivity index (χ3v) is 5.29. The van der Waals surface area contributed by atoms with Crippen molar-refractivity contribution in [3.05, 3.63) is 41.7 Å². The second-order valence-electron chi connectivity index (χ2n) is 9.44. The summed E-state index contributed by atoms with van der Waals surface area (Å²) in [4.78, 5) is 35.6. The monoisotopic (exact) mass is 509 g/mol. The maximum Gasteiger partial charge on any atom is 0.573 e. The van der Waals surface area contributed by atoms with Crippen LogP contribution in [0.4, 0.5) is 29.6 Å². The van der Waals surface area contributed by atoms with Crippen molar-refractivity contribution in [1.82, 2.24) is 20.2 Å². The molecule has 0 radical (unpaired) electrons. The summed E-state index contributed by atoms with van der Waals surface area (Å²) in [5.41, 5.74) is 0.206. The number of carbonyl (C=O) groups is 2. The largest absolute Gasteiger partial charge is 0.573 e. The maximum absolute atomic E-state index is 13.5. The van der Waals surface area contributed by atoms with Crippen LogP contribution in [0.3, 0.4) is 0 Å². The van der Waals surface area contributed by atoms with E-state index >= 15 is 0 Å². The number of nitrogens with zero attached hydrogens (tertiary/aromatic N) is 3. The number of aryl methyl sites for hydroxylation is 1. The number of alkyl halides is 3. The van der Waals surface area contributed by atoms with Gasteiger partial charge in [-0.05, 0) is 64.7 Å². The van der Waals surface area contributed by atoms with Gasteiger partial charge >= 0.3 is 12.5 Å². The van der Waals surface area contributed by atoms with E-state index in [-0.39, 0.29) is 35.8 Å². The van der Waals surface area contributed by atoms with Gasteiger partial charge in [0.15, 0.2) is 0 Å². The number of alkyl carbamates (subject to hydrolysis) is 1. The van der Waals surface area contributed by atoms with Gasteiger partial charge in [0.2, 0.25) is 0 Å². The lowest BCUT2D eigenvalue weighted by molar-refractivity contribution is -0.274. The van der Waals surface area contributed by atoms with Crippen LogP contribution in [0.15, 0.2) is 30.5 Å². The molecule has 0 aliphatic carbocycles. The second kappa shape index (κ2) is 11.0. The maximum atomic E-state index is 13.5. The van der Waals surface area contributed by atoms with Gasteiger partial charge in [0.05, 0.1) is 0 Å². The van der Waals surface area contributed by atoms with E-state index in [2.05, 4.69) is 25.3 Å². The van der Waals surface area contributed by atoms with E-state index in [1.165, 1.54) is 6.20 Å². The fourth-order valence-corrected chi connectivity index (χ4v) is 3.75. The topological polar surface area (TPSA) is 106 Å². The Balaban J connectivity index is 1.73. The van der Waals surface area contributed by atoms with Gasteiger partial charge in [-0.2, -0.15) is 0 Å². The molecule has 9 nitrogen and oxygen atoms in total. The van der Waals surface area contributed by atoms with Crippen molar-refractivity contribution >= 4 is 23.6 Å². The van der Waals surface area contributed by atoms with Crippen LogP contribution >= 0.6 is 0 Å². The average Bonchev–Trinajstić information content (AvgIpc) is 2.77. The molecule has 3 rings (SSSR count). The molecular formula is C24H30F3N5O4. The van der Waals surface area contributed by atoms with Crippen LogP contribution in [0.5, 0.6) is 5.75 Å². The number of ether oxygens (including phenoxy) is 2.